The molecule has 3 aromatic rings. The second-order valence-corrected chi connectivity index (χ2v) is 8.73. The van der Waals surface area contributed by atoms with Crippen molar-refractivity contribution >= 4 is 42.3 Å². The Morgan fingerprint density at radius 1 is 0.593 bits per heavy atom. The van der Waals surface area contributed by atoms with E-state index in [9.17, 15) is 16.8 Å². The van der Waals surface area contributed by atoms with Gasteiger partial charge in [-0.2, -0.15) is 16.8 Å². The third-order valence-electron chi connectivity index (χ3n) is 4.48. The lowest BCUT2D eigenvalue weighted by molar-refractivity contribution is 0.242. The first kappa shape index (κ1) is 18.3. The van der Waals surface area contributed by atoms with Crippen LogP contribution >= 0.6 is 0 Å². The number of rotatable bonds is 0. The van der Waals surface area contributed by atoms with Gasteiger partial charge < -0.3 is 0 Å². The first-order valence-corrected chi connectivity index (χ1v) is 10.9. The van der Waals surface area contributed by atoms with Gasteiger partial charge in [0.2, 0.25) is 0 Å². The summed E-state index contributed by atoms with van der Waals surface area (Å²) in [5.41, 5.74) is 1.87. The zero-order valence-electron chi connectivity index (χ0n) is 14.1. The SMILES string of the molecule is O=S1(=O)OCCc2c3ccccc3c(c3ccccc23)CCOS(=O)(=O)O1. The Morgan fingerprint density at radius 2 is 0.926 bits per heavy atom. The summed E-state index contributed by atoms with van der Waals surface area (Å²) in [5, 5.41) is 3.87. The van der Waals surface area contributed by atoms with E-state index in [-0.39, 0.29) is 26.1 Å². The fourth-order valence-corrected chi connectivity index (χ4v) is 5.19. The Labute approximate surface area is 157 Å². The van der Waals surface area contributed by atoms with Gasteiger partial charge in [0.25, 0.3) is 0 Å². The summed E-state index contributed by atoms with van der Waals surface area (Å²) < 4.78 is 60.6. The molecule has 142 valence electrons. The van der Waals surface area contributed by atoms with E-state index in [4.69, 9.17) is 8.37 Å². The van der Waals surface area contributed by atoms with Crippen LogP contribution in [-0.4, -0.2) is 30.0 Å². The quantitative estimate of drug-likeness (QED) is 0.528. The van der Waals surface area contributed by atoms with Gasteiger partial charge in [0, 0.05) is 0 Å². The van der Waals surface area contributed by atoms with Crippen LogP contribution in [0.2, 0.25) is 0 Å². The maximum Gasteiger partial charge on any atom is 0.416 e. The molecule has 0 N–H and O–H groups in total. The highest BCUT2D eigenvalue weighted by molar-refractivity contribution is 7.95. The lowest BCUT2D eigenvalue weighted by Gasteiger charge is -2.16. The molecule has 5 rings (SSSR count). The predicted molar refractivity (Wildman–Crippen MR) is 99.7 cm³/mol. The standard InChI is InChI=1S/C18H16O7S2/c19-26(20)23-11-9-17-13-5-1-2-6-14(13)18(10-12-24-27(21,22)25-26)16-8-4-3-7-15(16)17/h1-8H,9-12H2. The van der Waals surface area contributed by atoms with E-state index in [1.54, 1.807) is 0 Å². The summed E-state index contributed by atoms with van der Waals surface area (Å²) in [4.78, 5) is 0. The average molecular weight is 408 g/mol. The Bertz CT molecular complexity index is 1080. The van der Waals surface area contributed by atoms with Crippen molar-refractivity contribution in [2.75, 3.05) is 13.2 Å². The molecule has 0 aliphatic carbocycles. The predicted octanol–water partition coefficient (Wildman–Crippen LogP) is 2.63. The Morgan fingerprint density at radius 3 is 1.26 bits per heavy atom. The molecule has 0 radical (unpaired) electrons. The average Bonchev–Trinajstić information content (AvgIpc) is 2.62. The van der Waals surface area contributed by atoms with Crippen molar-refractivity contribution in [1.29, 1.82) is 0 Å². The van der Waals surface area contributed by atoms with Crippen LogP contribution < -0.4 is 0 Å². The van der Waals surface area contributed by atoms with Crippen molar-refractivity contribution in [2.45, 2.75) is 12.8 Å². The van der Waals surface area contributed by atoms with Crippen LogP contribution in [0.25, 0.3) is 21.5 Å². The topological polar surface area (TPSA) is 96.0 Å². The molecule has 0 amide bonds. The van der Waals surface area contributed by atoms with E-state index in [1.165, 1.54) is 0 Å². The lowest BCUT2D eigenvalue weighted by atomic mass is 9.89. The van der Waals surface area contributed by atoms with Gasteiger partial charge >= 0.3 is 20.8 Å². The molecule has 2 bridgehead atoms. The summed E-state index contributed by atoms with van der Waals surface area (Å²) >= 11 is 0. The molecular formula is C18H16O7S2. The highest BCUT2D eigenvalue weighted by atomic mass is 32.3. The van der Waals surface area contributed by atoms with Gasteiger partial charge in [-0.05, 0) is 45.5 Å². The van der Waals surface area contributed by atoms with E-state index in [0.29, 0.717) is 0 Å². The highest BCUT2D eigenvalue weighted by Gasteiger charge is 2.26. The third-order valence-corrected chi connectivity index (χ3v) is 6.72. The van der Waals surface area contributed by atoms with Crippen molar-refractivity contribution in [3.05, 3.63) is 59.7 Å². The van der Waals surface area contributed by atoms with Crippen molar-refractivity contribution in [3.63, 3.8) is 0 Å². The van der Waals surface area contributed by atoms with Gasteiger partial charge in [-0.25, -0.2) is 8.37 Å². The molecule has 0 saturated carbocycles. The second-order valence-electron chi connectivity index (χ2n) is 6.08. The molecule has 2 aliphatic heterocycles. The fraction of sp³-hybridized carbons (Fsp3) is 0.222. The zero-order valence-corrected chi connectivity index (χ0v) is 15.8. The van der Waals surface area contributed by atoms with E-state index in [0.717, 1.165) is 32.7 Å². The van der Waals surface area contributed by atoms with Gasteiger partial charge in [0.05, 0.1) is 13.2 Å². The largest absolute Gasteiger partial charge is 0.416 e. The molecular weight excluding hydrogens is 392 g/mol. The fourth-order valence-electron chi connectivity index (χ4n) is 3.48. The van der Waals surface area contributed by atoms with E-state index in [2.05, 4.69) is 3.63 Å². The molecule has 3 aromatic carbocycles. The summed E-state index contributed by atoms with van der Waals surface area (Å²) in [6, 6.07) is 15.5. The van der Waals surface area contributed by atoms with Crippen LogP contribution in [0.4, 0.5) is 0 Å². The summed E-state index contributed by atoms with van der Waals surface area (Å²) in [6.07, 6.45) is 0.537. The third kappa shape index (κ3) is 3.69. The smallest absolute Gasteiger partial charge is 0.247 e. The number of hydrogen-bond donors (Lipinski definition) is 0. The van der Waals surface area contributed by atoms with Crippen LogP contribution in [-0.2, 0) is 45.6 Å². The Kier molecular flexibility index (Phi) is 4.65. The van der Waals surface area contributed by atoms with Gasteiger partial charge in [-0.3, -0.25) is 0 Å². The minimum absolute atomic E-state index is 0.259. The Hall–Kier alpha value is -2.04. The maximum absolute atomic E-state index is 11.8. The zero-order chi connectivity index (χ0) is 19.1. The molecule has 0 spiro atoms. The van der Waals surface area contributed by atoms with Crippen molar-refractivity contribution in [1.82, 2.24) is 0 Å². The van der Waals surface area contributed by atoms with Crippen LogP contribution in [0.1, 0.15) is 11.1 Å². The normalized spacial score (nSPS) is 20.0. The second kappa shape index (κ2) is 6.84. The minimum Gasteiger partial charge on any atom is -0.247 e. The molecule has 0 aromatic heterocycles. The van der Waals surface area contributed by atoms with E-state index in [1.807, 2.05) is 48.5 Å². The minimum atomic E-state index is -4.74. The first-order valence-electron chi connectivity index (χ1n) is 8.27. The molecule has 9 heteroatoms. The first-order chi connectivity index (χ1) is 12.9. The number of hydrogen-bond acceptors (Lipinski definition) is 7. The van der Waals surface area contributed by atoms with Crippen LogP contribution in [0, 0.1) is 0 Å². The van der Waals surface area contributed by atoms with Crippen molar-refractivity contribution in [3.8, 4) is 0 Å². The summed E-state index contributed by atoms with van der Waals surface area (Å²) in [6.45, 7) is -0.517. The number of benzene rings is 3. The van der Waals surface area contributed by atoms with E-state index < -0.39 is 20.8 Å². The molecule has 0 atom stereocenters. The molecule has 2 aliphatic rings. The number of fused-ring (bicyclic) bond motifs is 8. The molecule has 0 saturated heterocycles. The molecule has 2 heterocycles. The molecule has 0 unspecified atom stereocenters. The van der Waals surface area contributed by atoms with Gasteiger partial charge in [-0.15, -0.1) is 3.63 Å². The molecule has 0 fully saturated rings. The molecule has 7 nitrogen and oxygen atoms in total. The van der Waals surface area contributed by atoms with E-state index >= 15 is 0 Å². The van der Waals surface area contributed by atoms with Gasteiger partial charge in [-0.1, -0.05) is 48.5 Å². The summed E-state index contributed by atoms with van der Waals surface area (Å²) in [5.74, 6) is 0. The van der Waals surface area contributed by atoms with Gasteiger partial charge in [0.1, 0.15) is 0 Å². The monoisotopic (exact) mass is 408 g/mol. The summed E-state index contributed by atoms with van der Waals surface area (Å²) in [7, 11) is -9.47. The Balaban J connectivity index is 1.97. The highest BCUT2D eigenvalue weighted by Crippen LogP contribution is 2.34. The van der Waals surface area contributed by atoms with Crippen LogP contribution in [0.5, 0.6) is 0 Å². The van der Waals surface area contributed by atoms with Crippen molar-refractivity contribution in [2.24, 2.45) is 0 Å². The maximum atomic E-state index is 11.8. The van der Waals surface area contributed by atoms with Crippen LogP contribution in [0.15, 0.2) is 48.5 Å². The van der Waals surface area contributed by atoms with Gasteiger partial charge in [0.15, 0.2) is 0 Å². The van der Waals surface area contributed by atoms with Crippen LogP contribution in [0.3, 0.4) is 0 Å². The lowest BCUT2D eigenvalue weighted by Crippen LogP contribution is -2.19. The molecule has 27 heavy (non-hydrogen) atoms. The van der Waals surface area contributed by atoms with Crippen molar-refractivity contribution < 1.29 is 28.8 Å².